The number of hydrogen-bond donors (Lipinski definition) is 0. The Kier molecular flexibility index (Phi) is 3.59. The van der Waals surface area contributed by atoms with Crippen LogP contribution in [-0.4, -0.2) is 24.3 Å². The molecular weight excluding hydrogens is 258 g/mol. The molecule has 3 nitrogen and oxygen atoms in total. The zero-order chi connectivity index (χ0) is 10.7. The zero-order valence-corrected chi connectivity index (χ0v) is 10.2. The van der Waals surface area contributed by atoms with Gasteiger partial charge in [-0.25, -0.2) is 4.98 Å². The molecule has 1 aliphatic rings. The van der Waals surface area contributed by atoms with Gasteiger partial charge in [-0.15, -0.1) is 0 Å². The average Bonchev–Trinajstić information content (AvgIpc) is 2.69. The molecule has 4 heteroatoms. The number of halogens is 1. The fourth-order valence-electron chi connectivity index (χ4n) is 1.90. The maximum atomic E-state index is 5.83. The molecule has 1 aromatic rings. The molecule has 82 valence electrons. The van der Waals surface area contributed by atoms with Crippen molar-refractivity contribution in [3.8, 4) is 5.75 Å². The summed E-state index contributed by atoms with van der Waals surface area (Å²) in [6.07, 6.45) is 5.47. The van der Waals surface area contributed by atoms with E-state index in [-0.39, 0.29) is 12.2 Å². The number of rotatable bonds is 3. The first-order valence-electron chi connectivity index (χ1n) is 5.10. The molecule has 0 spiro atoms. The van der Waals surface area contributed by atoms with Gasteiger partial charge >= 0.3 is 0 Å². The normalized spacial score (nSPS) is 25.5. The van der Waals surface area contributed by atoms with Crippen LogP contribution in [-0.2, 0) is 4.74 Å². The largest absolute Gasteiger partial charge is 0.486 e. The Morgan fingerprint density at radius 2 is 2.13 bits per heavy atom. The van der Waals surface area contributed by atoms with Gasteiger partial charge in [0.2, 0.25) is 0 Å². The molecule has 0 saturated heterocycles. The van der Waals surface area contributed by atoms with E-state index in [9.17, 15) is 0 Å². The van der Waals surface area contributed by atoms with Gasteiger partial charge in [-0.2, -0.15) is 0 Å². The van der Waals surface area contributed by atoms with Gasteiger partial charge in [-0.3, -0.25) is 0 Å². The Hall–Kier alpha value is -0.610. The van der Waals surface area contributed by atoms with Gasteiger partial charge < -0.3 is 9.47 Å². The van der Waals surface area contributed by atoms with E-state index < -0.39 is 0 Å². The van der Waals surface area contributed by atoms with Gasteiger partial charge in [0.15, 0.2) is 0 Å². The maximum Gasteiger partial charge on any atom is 0.138 e. The highest BCUT2D eigenvalue weighted by molar-refractivity contribution is 9.10. The summed E-state index contributed by atoms with van der Waals surface area (Å²) >= 11 is 3.29. The molecular formula is C11H14BrNO2. The van der Waals surface area contributed by atoms with Crippen LogP contribution in [0.1, 0.15) is 19.3 Å². The van der Waals surface area contributed by atoms with E-state index in [0.717, 1.165) is 23.2 Å². The highest BCUT2D eigenvalue weighted by Gasteiger charge is 2.28. The number of hydrogen-bond acceptors (Lipinski definition) is 3. The van der Waals surface area contributed by atoms with Crippen LogP contribution in [0.2, 0.25) is 0 Å². The van der Waals surface area contributed by atoms with Crippen LogP contribution in [0, 0.1) is 0 Å². The molecule has 2 atom stereocenters. The van der Waals surface area contributed by atoms with Crippen LogP contribution in [0.15, 0.2) is 22.9 Å². The van der Waals surface area contributed by atoms with E-state index in [4.69, 9.17) is 9.47 Å². The Morgan fingerprint density at radius 3 is 2.80 bits per heavy atom. The van der Waals surface area contributed by atoms with Crippen LogP contribution >= 0.6 is 15.9 Å². The summed E-state index contributed by atoms with van der Waals surface area (Å²) in [6.45, 7) is 0. The first kappa shape index (κ1) is 10.9. The number of nitrogens with zero attached hydrogens (tertiary/aromatic N) is 1. The second-order valence-electron chi connectivity index (χ2n) is 3.68. The minimum absolute atomic E-state index is 0.179. The molecule has 1 saturated carbocycles. The quantitative estimate of drug-likeness (QED) is 0.793. The molecule has 1 aromatic heterocycles. The highest BCUT2D eigenvalue weighted by Crippen LogP contribution is 2.26. The van der Waals surface area contributed by atoms with Crippen molar-refractivity contribution in [1.82, 2.24) is 4.98 Å². The smallest absolute Gasteiger partial charge is 0.138 e. The fraction of sp³-hybridized carbons (Fsp3) is 0.545. The van der Waals surface area contributed by atoms with E-state index in [2.05, 4.69) is 20.9 Å². The summed E-state index contributed by atoms with van der Waals surface area (Å²) in [7, 11) is 1.74. The van der Waals surface area contributed by atoms with Crippen LogP contribution < -0.4 is 4.74 Å². The first-order chi connectivity index (χ1) is 7.29. The Balaban J connectivity index is 1.99. The molecule has 15 heavy (non-hydrogen) atoms. The number of pyridine rings is 1. The van der Waals surface area contributed by atoms with Crippen LogP contribution in [0.3, 0.4) is 0 Å². The average molecular weight is 272 g/mol. The van der Waals surface area contributed by atoms with Gasteiger partial charge in [0, 0.05) is 7.11 Å². The van der Waals surface area contributed by atoms with E-state index >= 15 is 0 Å². The zero-order valence-electron chi connectivity index (χ0n) is 8.65. The van der Waals surface area contributed by atoms with Crippen molar-refractivity contribution in [2.75, 3.05) is 7.11 Å². The fourth-order valence-corrected chi connectivity index (χ4v) is 2.14. The van der Waals surface area contributed by atoms with Crippen LogP contribution in [0.25, 0.3) is 0 Å². The lowest BCUT2D eigenvalue weighted by Gasteiger charge is -2.19. The van der Waals surface area contributed by atoms with Crippen molar-refractivity contribution in [2.45, 2.75) is 31.5 Å². The predicted octanol–water partition coefficient (Wildman–Crippen LogP) is 2.79. The summed E-state index contributed by atoms with van der Waals surface area (Å²) in [5.41, 5.74) is 0. The standard InChI is InChI=1S/C11H14BrNO2/c1-14-9-3-2-4-10(9)15-8-5-6-11(12)13-7-8/h5-7,9-10H,2-4H2,1H3. The number of aromatic nitrogens is 1. The molecule has 0 radical (unpaired) electrons. The molecule has 2 unspecified atom stereocenters. The summed E-state index contributed by atoms with van der Waals surface area (Å²) in [6, 6.07) is 3.80. The molecule has 1 heterocycles. The summed E-state index contributed by atoms with van der Waals surface area (Å²) in [5, 5.41) is 0. The molecule has 1 fully saturated rings. The van der Waals surface area contributed by atoms with Crippen molar-refractivity contribution in [2.24, 2.45) is 0 Å². The lowest BCUT2D eigenvalue weighted by molar-refractivity contribution is 0.0227. The monoisotopic (exact) mass is 271 g/mol. The van der Waals surface area contributed by atoms with Crippen molar-refractivity contribution in [3.05, 3.63) is 22.9 Å². The van der Waals surface area contributed by atoms with E-state index in [1.54, 1.807) is 13.3 Å². The van der Waals surface area contributed by atoms with Gasteiger partial charge in [-0.05, 0) is 47.3 Å². The van der Waals surface area contributed by atoms with Crippen molar-refractivity contribution >= 4 is 15.9 Å². The molecule has 0 bridgehead atoms. The summed E-state index contributed by atoms with van der Waals surface area (Å²) < 4.78 is 12.0. The first-order valence-corrected chi connectivity index (χ1v) is 5.90. The van der Waals surface area contributed by atoms with Crippen molar-refractivity contribution in [3.63, 3.8) is 0 Å². The van der Waals surface area contributed by atoms with Gasteiger partial charge in [0.05, 0.1) is 12.3 Å². The third-order valence-electron chi connectivity index (χ3n) is 2.68. The third-order valence-corrected chi connectivity index (χ3v) is 3.15. The molecule has 0 amide bonds. The lowest BCUT2D eigenvalue weighted by atomic mass is 10.2. The van der Waals surface area contributed by atoms with Crippen molar-refractivity contribution < 1.29 is 9.47 Å². The van der Waals surface area contributed by atoms with Crippen LogP contribution in [0.4, 0.5) is 0 Å². The maximum absolute atomic E-state index is 5.83. The van der Waals surface area contributed by atoms with Gasteiger partial charge in [0.1, 0.15) is 16.5 Å². The van der Waals surface area contributed by atoms with E-state index in [1.165, 1.54) is 6.42 Å². The van der Waals surface area contributed by atoms with E-state index in [0.29, 0.717) is 0 Å². The Bertz CT molecular complexity index is 315. The molecule has 0 aromatic carbocycles. The topological polar surface area (TPSA) is 31.4 Å². The highest BCUT2D eigenvalue weighted by atomic mass is 79.9. The van der Waals surface area contributed by atoms with Gasteiger partial charge in [-0.1, -0.05) is 0 Å². The van der Waals surface area contributed by atoms with E-state index in [1.807, 2.05) is 12.1 Å². The summed E-state index contributed by atoms with van der Waals surface area (Å²) in [5.74, 6) is 0.812. The second kappa shape index (κ2) is 4.94. The van der Waals surface area contributed by atoms with Crippen LogP contribution in [0.5, 0.6) is 5.75 Å². The minimum Gasteiger partial charge on any atom is -0.486 e. The lowest BCUT2D eigenvalue weighted by Crippen LogP contribution is -2.27. The Morgan fingerprint density at radius 1 is 1.33 bits per heavy atom. The Labute approximate surface area is 97.9 Å². The molecule has 1 aliphatic carbocycles. The van der Waals surface area contributed by atoms with Gasteiger partial charge in [0.25, 0.3) is 0 Å². The number of ether oxygens (including phenoxy) is 2. The third kappa shape index (κ3) is 2.69. The predicted molar refractivity (Wildman–Crippen MR) is 61.0 cm³/mol. The van der Waals surface area contributed by atoms with Crippen molar-refractivity contribution in [1.29, 1.82) is 0 Å². The molecule has 2 rings (SSSR count). The number of methoxy groups -OCH3 is 1. The molecule has 0 N–H and O–H groups in total. The summed E-state index contributed by atoms with van der Waals surface area (Å²) in [4.78, 5) is 4.12. The minimum atomic E-state index is 0.179. The SMILES string of the molecule is COC1CCCC1Oc1ccc(Br)nc1. The second-order valence-corrected chi connectivity index (χ2v) is 4.49. The molecule has 0 aliphatic heterocycles.